The summed E-state index contributed by atoms with van der Waals surface area (Å²) < 4.78 is 5.10. The van der Waals surface area contributed by atoms with Crippen molar-refractivity contribution in [1.29, 1.82) is 0 Å². The predicted octanol–water partition coefficient (Wildman–Crippen LogP) is 1.32. The second-order valence-corrected chi connectivity index (χ2v) is 4.76. The van der Waals surface area contributed by atoms with Gasteiger partial charge in [-0.25, -0.2) is 4.79 Å². The Kier molecular flexibility index (Phi) is 5.15. The number of nitrogens with one attached hydrogen (secondary N) is 1. The molecule has 0 aliphatic rings. The zero-order valence-electron chi connectivity index (χ0n) is 11.3. The summed E-state index contributed by atoms with van der Waals surface area (Å²) in [5.74, 6) is 0.925. The second kappa shape index (κ2) is 6.39. The maximum Gasteiger partial charge on any atom is 0.317 e. The molecule has 1 aromatic heterocycles. The first-order chi connectivity index (χ1) is 8.40. The van der Waals surface area contributed by atoms with E-state index < -0.39 is 6.10 Å². The minimum Gasteiger partial charge on any atom is -0.392 e. The van der Waals surface area contributed by atoms with Gasteiger partial charge in [-0.2, -0.15) is 0 Å². The van der Waals surface area contributed by atoms with E-state index in [0.717, 1.165) is 5.69 Å². The summed E-state index contributed by atoms with van der Waals surface area (Å²) in [5, 5.41) is 15.8. The molecule has 0 aromatic carbocycles. The van der Waals surface area contributed by atoms with Gasteiger partial charge >= 0.3 is 6.03 Å². The van der Waals surface area contributed by atoms with Crippen molar-refractivity contribution in [1.82, 2.24) is 15.4 Å². The highest BCUT2D eigenvalue weighted by atomic mass is 16.5. The van der Waals surface area contributed by atoms with Crippen molar-refractivity contribution in [3.05, 3.63) is 17.5 Å². The van der Waals surface area contributed by atoms with Gasteiger partial charge in [-0.05, 0) is 12.8 Å². The third-order valence-corrected chi connectivity index (χ3v) is 2.47. The summed E-state index contributed by atoms with van der Waals surface area (Å²) in [6, 6.07) is 1.58. The van der Waals surface area contributed by atoms with Crippen LogP contribution in [-0.4, -0.2) is 40.9 Å². The number of aliphatic hydroxyl groups excluding tert-OH is 1. The van der Waals surface area contributed by atoms with E-state index in [9.17, 15) is 9.90 Å². The van der Waals surface area contributed by atoms with Crippen LogP contribution in [0.3, 0.4) is 0 Å². The molecule has 1 rings (SSSR count). The molecule has 102 valence electrons. The average molecular weight is 255 g/mol. The van der Waals surface area contributed by atoms with Crippen LogP contribution in [0.4, 0.5) is 4.79 Å². The Morgan fingerprint density at radius 2 is 2.22 bits per heavy atom. The van der Waals surface area contributed by atoms with Crippen molar-refractivity contribution < 1.29 is 14.4 Å². The van der Waals surface area contributed by atoms with E-state index in [0.29, 0.717) is 24.8 Å². The van der Waals surface area contributed by atoms with Crippen LogP contribution < -0.4 is 5.32 Å². The summed E-state index contributed by atoms with van der Waals surface area (Å²) in [7, 11) is 1.63. The first-order valence-corrected chi connectivity index (χ1v) is 6.02. The molecule has 0 saturated heterocycles. The lowest BCUT2D eigenvalue weighted by Gasteiger charge is -2.18. The zero-order chi connectivity index (χ0) is 13.7. The van der Waals surface area contributed by atoms with Gasteiger partial charge in [0.2, 0.25) is 0 Å². The summed E-state index contributed by atoms with van der Waals surface area (Å²) in [4.78, 5) is 13.1. The topological polar surface area (TPSA) is 78.6 Å². The standard InChI is InChI=1S/C12H21N3O3/c1-8(2)11-5-10(18-14-11)6-13-12(17)15(4)7-9(3)16/h5,8-9,16H,6-7H2,1-4H3,(H,13,17). The fourth-order valence-electron chi connectivity index (χ4n) is 1.46. The Morgan fingerprint density at radius 1 is 1.56 bits per heavy atom. The highest BCUT2D eigenvalue weighted by molar-refractivity contribution is 5.73. The molecule has 0 aliphatic carbocycles. The minimum atomic E-state index is -0.543. The van der Waals surface area contributed by atoms with Crippen molar-refractivity contribution in [2.24, 2.45) is 0 Å². The first-order valence-electron chi connectivity index (χ1n) is 6.02. The largest absolute Gasteiger partial charge is 0.392 e. The Bertz CT molecular complexity index is 388. The molecule has 0 radical (unpaired) electrons. The molecular formula is C12H21N3O3. The Hall–Kier alpha value is -1.56. The van der Waals surface area contributed by atoms with Crippen LogP contribution in [0.25, 0.3) is 0 Å². The molecule has 6 heteroatoms. The summed E-state index contributed by atoms with van der Waals surface area (Å²) in [6.45, 7) is 6.27. The molecule has 0 fully saturated rings. The number of hydrogen-bond donors (Lipinski definition) is 2. The molecule has 0 saturated carbocycles. The molecule has 1 heterocycles. The number of carbonyl (C=O) groups is 1. The molecule has 6 nitrogen and oxygen atoms in total. The predicted molar refractivity (Wildman–Crippen MR) is 67.1 cm³/mol. The zero-order valence-corrected chi connectivity index (χ0v) is 11.3. The van der Waals surface area contributed by atoms with E-state index in [2.05, 4.69) is 10.5 Å². The fraction of sp³-hybridized carbons (Fsp3) is 0.667. The Labute approximate surface area is 107 Å². The van der Waals surface area contributed by atoms with E-state index in [1.165, 1.54) is 4.90 Å². The van der Waals surface area contributed by atoms with Gasteiger partial charge in [-0.15, -0.1) is 0 Å². The highest BCUT2D eigenvalue weighted by Gasteiger charge is 2.12. The van der Waals surface area contributed by atoms with Crippen molar-refractivity contribution in [3.63, 3.8) is 0 Å². The van der Waals surface area contributed by atoms with Gasteiger partial charge in [0.05, 0.1) is 18.3 Å². The van der Waals surface area contributed by atoms with Gasteiger partial charge < -0.3 is 19.8 Å². The van der Waals surface area contributed by atoms with Crippen molar-refractivity contribution in [3.8, 4) is 0 Å². The number of amides is 2. The first kappa shape index (κ1) is 14.5. The number of rotatable bonds is 5. The normalized spacial score (nSPS) is 12.6. The fourth-order valence-corrected chi connectivity index (χ4v) is 1.46. The number of aromatic nitrogens is 1. The quantitative estimate of drug-likeness (QED) is 0.831. The van der Waals surface area contributed by atoms with Crippen molar-refractivity contribution in [2.45, 2.75) is 39.3 Å². The molecule has 2 amide bonds. The van der Waals surface area contributed by atoms with Gasteiger partial charge in [0, 0.05) is 19.7 Å². The number of urea groups is 1. The van der Waals surface area contributed by atoms with Crippen LogP contribution in [0.2, 0.25) is 0 Å². The van der Waals surface area contributed by atoms with Gasteiger partial charge in [0.15, 0.2) is 5.76 Å². The Balaban J connectivity index is 2.42. The maximum atomic E-state index is 11.6. The lowest BCUT2D eigenvalue weighted by molar-refractivity contribution is 0.143. The average Bonchev–Trinajstić information content (AvgIpc) is 2.73. The summed E-state index contributed by atoms with van der Waals surface area (Å²) in [6.07, 6.45) is -0.543. The van der Waals surface area contributed by atoms with Crippen molar-refractivity contribution in [2.75, 3.05) is 13.6 Å². The highest BCUT2D eigenvalue weighted by Crippen LogP contribution is 2.13. The molecule has 0 bridgehead atoms. The van der Waals surface area contributed by atoms with Gasteiger partial charge in [-0.3, -0.25) is 0 Å². The van der Waals surface area contributed by atoms with Crippen LogP contribution in [0.1, 0.15) is 38.1 Å². The van der Waals surface area contributed by atoms with Crippen molar-refractivity contribution >= 4 is 6.03 Å². The van der Waals surface area contributed by atoms with Crippen LogP contribution in [-0.2, 0) is 6.54 Å². The maximum absolute atomic E-state index is 11.6. The number of nitrogens with zero attached hydrogens (tertiary/aromatic N) is 2. The summed E-state index contributed by atoms with van der Waals surface area (Å²) >= 11 is 0. The lowest BCUT2D eigenvalue weighted by atomic mass is 10.1. The Morgan fingerprint density at radius 3 is 2.72 bits per heavy atom. The molecule has 1 unspecified atom stereocenters. The number of likely N-dealkylation sites (N-methyl/N-ethyl adjacent to an activating group) is 1. The lowest BCUT2D eigenvalue weighted by Crippen LogP contribution is -2.40. The van der Waals surface area contributed by atoms with E-state index in [1.807, 2.05) is 19.9 Å². The number of hydrogen-bond acceptors (Lipinski definition) is 4. The number of aliphatic hydroxyl groups is 1. The van der Waals surface area contributed by atoms with E-state index in [-0.39, 0.29) is 6.03 Å². The van der Waals surface area contributed by atoms with Crippen LogP contribution >= 0.6 is 0 Å². The van der Waals surface area contributed by atoms with Crippen LogP contribution in [0.15, 0.2) is 10.6 Å². The van der Waals surface area contributed by atoms with Gasteiger partial charge in [0.1, 0.15) is 0 Å². The monoisotopic (exact) mass is 255 g/mol. The molecule has 0 aliphatic heterocycles. The molecule has 1 aromatic rings. The molecule has 18 heavy (non-hydrogen) atoms. The molecule has 2 N–H and O–H groups in total. The minimum absolute atomic E-state index is 0.251. The smallest absolute Gasteiger partial charge is 0.317 e. The second-order valence-electron chi connectivity index (χ2n) is 4.76. The SMILES string of the molecule is CC(O)CN(C)C(=O)NCc1cc(C(C)C)no1. The molecule has 0 spiro atoms. The number of carbonyl (C=O) groups excluding carboxylic acids is 1. The summed E-state index contributed by atoms with van der Waals surface area (Å²) in [5.41, 5.74) is 0.872. The third kappa shape index (κ3) is 4.37. The van der Waals surface area contributed by atoms with Crippen LogP contribution in [0, 0.1) is 0 Å². The molecular weight excluding hydrogens is 234 g/mol. The third-order valence-electron chi connectivity index (χ3n) is 2.47. The molecule has 1 atom stereocenters. The van der Waals surface area contributed by atoms with Crippen LogP contribution in [0.5, 0.6) is 0 Å². The van der Waals surface area contributed by atoms with Gasteiger partial charge in [0.25, 0.3) is 0 Å². The van der Waals surface area contributed by atoms with E-state index in [1.54, 1.807) is 14.0 Å². The van der Waals surface area contributed by atoms with Gasteiger partial charge in [-0.1, -0.05) is 19.0 Å². The van der Waals surface area contributed by atoms with E-state index in [4.69, 9.17) is 4.52 Å². The van der Waals surface area contributed by atoms with E-state index >= 15 is 0 Å².